The Morgan fingerprint density at radius 2 is 1.70 bits per heavy atom. The molecular formula is C15H9FO3S. The SMILES string of the molecule is Oc1ccc2c(=S)cc(-c3ccc(F)cc3)oc2c1O. The number of fused-ring (bicyclic) bond motifs is 1. The molecule has 3 nitrogen and oxygen atoms in total. The fraction of sp³-hybridized carbons (Fsp3) is 0. The van der Waals surface area contributed by atoms with Crippen molar-refractivity contribution in [1.29, 1.82) is 0 Å². The van der Waals surface area contributed by atoms with Crippen LogP contribution in [-0.4, -0.2) is 10.2 Å². The summed E-state index contributed by atoms with van der Waals surface area (Å²) in [6.07, 6.45) is 0. The summed E-state index contributed by atoms with van der Waals surface area (Å²) in [5.74, 6) is -0.610. The van der Waals surface area contributed by atoms with Gasteiger partial charge >= 0.3 is 0 Å². The van der Waals surface area contributed by atoms with Crippen LogP contribution in [-0.2, 0) is 0 Å². The molecule has 0 spiro atoms. The molecule has 0 radical (unpaired) electrons. The largest absolute Gasteiger partial charge is 0.504 e. The van der Waals surface area contributed by atoms with Gasteiger partial charge < -0.3 is 14.6 Å². The third kappa shape index (κ3) is 2.02. The zero-order valence-corrected chi connectivity index (χ0v) is 10.9. The maximum absolute atomic E-state index is 12.9. The fourth-order valence-electron chi connectivity index (χ4n) is 1.95. The van der Waals surface area contributed by atoms with Crippen LogP contribution in [0.3, 0.4) is 0 Å². The Labute approximate surface area is 118 Å². The standard InChI is InChI=1S/C15H9FO3S/c16-9-3-1-8(2-4-9)12-7-13(20)10-5-6-11(17)14(18)15(10)19-12/h1-7,17-18H. The van der Waals surface area contributed by atoms with Gasteiger partial charge in [-0.15, -0.1) is 0 Å². The van der Waals surface area contributed by atoms with E-state index in [2.05, 4.69) is 0 Å². The lowest BCUT2D eigenvalue weighted by Crippen LogP contribution is -1.83. The van der Waals surface area contributed by atoms with Crippen molar-refractivity contribution in [1.82, 2.24) is 0 Å². The minimum atomic E-state index is -0.363. The van der Waals surface area contributed by atoms with Crippen LogP contribution in [0, 0.1) is 10.3 Å². The van der Waals surface area contributed by atoms with Gasteiger partial charge in [0, 0.05) is 17.0 Å². The average Bonchev–Trinajstić information content (AvgIpc) is 2.44. The number of benzene rings is 2. The van der Waals surface area contributed by atoms with Gasteiger partial charge in [0.25, 0.3) is 0 Å². The van der Waals surface area contributed by atoms with Crippen LogP contribution in [0.5, 0.6) is 11.5 Å². The summed E-state index contributed by atoms with van der Waals surface area (Å²) in [6.45, 7) is 0. The van der Waals surface area contributed by atoms with E-state index in [0.29, 0.717) is 21.2 Å². The summed E-state index contributed by atoms with van der Waals surface area (Å²) in [6, 6.07) is 10.3. The normalized spacial score (nSPS) is 10.8. The van der Waals surface area contributed by atoms with Crippen LogP contribution in [0.1, 0.15) is 0 Å². The second-order valence-electron chi connectivity index (χ2n) is 4.29. The van der Waals surface area contributed by atoms with Gasteiger partial charge in [0.05, 0.1) is 4.51 Å². The van der Waals surface area contributed by atoms with Crippen LogP contribution >= 0.6 is 12.2 Å². The molecule has 1 heterocycles. The van der Waals surface area contributed by atoms with Crippen LogP contribution in [0.4, 0.5) is 4.39 Å². The number of phenolic OH excluding ortho intramolecular Hbond substituents is 2. The second kappa shape index (κ2) is 4.61. The molecule has 2 N–H and O–H groups in total. The Morgan fingerprint density at radius 1 is 1.00 bits per heavy atom. The second-order valence-corrected chi connectivity index (χ2v) is 4.73. The smallest absolute Gasteiger partial charge is 0.201 e. The topological polar surface area (TPSA) is 53.6 Å². The zero-order chi connectivity index (χ0) is 14.3. The minimum Gasteiger partial charge on any atom is -0.504 e. The first-order valence-electron chi connectivity index (χ1n) is 5.81. The first kappa shape index (κ1) is 12.6. The van der Waals surface area contributed by atoms with Gasteiger partial charge in [-0.3, -0.25) is 0 Å². The van der Waals surface area contributed by atoms with Crippen molar-refractivity contribution in [2.45, 2.75) is 0 Å². The van der Waals surface area contributed by atoms with E-state index in [1.807, 2.05) is 0 Å². The molecule has 0 aliphatic carbocycles. The quantitative estimate of drug-likeness (QED) is 0.515. The van der Waals surface area contributed by atoms with Gasteiger partial charge in [0.2, 0.25) is 5.75 Å². The molecule has 100 valence electrons. The van der Waals surface area contributed by atoms with E-state index in [-0.39, 0.29) is 22.9 Å². The van der Waals surface area contributed by atoms with Crippen molar-refractivity contribution in [2.24, 2.45) is 0 Å². The lowest BCUT2D eigenvalue weighted by Gasteiger charge is -2.06. The van der Waals surface area contributed by atoms with Crippen molar-refractivity contribution in [3.63, 3.8) is 0 Å². The molecule has 3 aromatic rings. The Kier molecular flexibility index (Phi) is 2.91. The Bertz CT molecular complexity index is 853. The summed E-state index contributed by atoms with van der Waals surface area (Å²) >= 11 is 5.24. The third-order valence-corrected chi connectivity index (χ3v) is 3.32. The average molecular weight is 288 g/mol. The van der Waals surface area contributed by atoms with Crippen molar-refractivity contribution >= 4 is 23.2 Å². The van der Waals surface area contributed by atoms with Crippen LogP contribution in [0.15, 0.2) is 46.9 Å². The van der Waals surface area contributed by atoms with Gasteiger partial charge in [-0.2, -0.15) is 0 Å². The summed E-state index contributed by atoms with van der Waals surface area (Å²) in [7, 11) is 0. The van der Waals surface area contributed by atoms with Crippen molar-refractivity contribution in [3.05, 3.63) is 52.8 Å². The predicted molar refractivity (Wildman–Crippen MR) is 75.8 cm³/mol. The molecule has 0 fully saturated rings. The van der Waals surface area contributed by atoms with E-state index < -0.39 is 0 Å². The van der Waals surface area contributed by atoms with E-state index in [9.17, 15) is 14.6 Å². The third-order valence-electron chi connectivity index (χ3n) is 2.98. The Balaban J connectivity index is 2.31. The molecular weight excluding hydrogens is 279 g/mol. The zero-order valence-electron chi connectivity index (χ0n) is 10.1. The molecule has 0 atom stereocenters. The maximum Gasteiger partial charge on any atom is 0.201 e. The Morgan fingerprint density at radius 3 is 2.40 bits per heavy atom. The molecule has 0 aliphatic rings. The number of hydrogen-bond donors (Lipinski definition) is 2. The molecule has 1 aromatic heterocycles. The van der Waals surface area contributed by atoms with Crippen molar-refractivity contribution in [2.75, 3.05) is 0 Å². The first-order valence-corrected chi connectivity index (χ1v) is 6.22. The van der Waals surface area contributed by atoms with Gasteiger partial charge in [-0.05, 0) is 36.4 Å². The Hall–Kier alpha value is -2.40. The van der Waals surface area contributed by atoms with Gasteiger partial charge in [0.1, 0.15) is 11.6 Å². The lowest BCUT2D eigenvalue weighted by molar-refractivity contribution is 0.400. The van der Waals surface area contributed by atoms with E-state index in [4.69, 9.17) is 16.6 Å². The number of rotatable bonds is 1. The van der Waals surface area contributed by atoms with E-state index in [1.54, 1.807) is 24.3 Å². The van der Waals surface area contributed by atoms with Crippen LogP contribution in [0.2, 0.25) is 0 Å². The lowest BCUT2D eigenvalue weighted by atomic mass is 10.1. The van der Waals surface area contributed by atoms with E-state index in [0.717, 1.165) is 0 Å². The van der Waals surface area contributed by atoms with E-state index in [1.165, 1.54) is 18.2 Å². The molecule has 2 aromatic carbocycles. The van der Waals surface area contributed by atoms with Crippen LogP contribution in [0.25, 0.3) is 22.3 Å². The minimum absolute atomic E-state index is 0.108. The van der Waals surface area contributed by atoms with Crippen molar-refractivity contribution in [3.8, 4) is 22.8 Å². The van der Waals surface area contributed by atoms with Gasteiger partial charge in [-0.25, -0.2) is 4.39 Å². The number of halogens is 1. The highest BCUT2D eigenvalue weighted by molar-refractivity contribution is 7.71. The highest BCUT2D eigenvalue weighted by Crippen LogP contribution is 2.36. The molecule has 0 saturated carbocycles. The summed E-state index contributed by atoms with van der Waals surface area (Å²) in [5, 5.41) is 19.9. The first-order chi connectivity index (χ1) is 9.56. The maximum atomic E-state index is 12.9. The van der Waals surface area contributed by atoms with Gasteiger partial charge in [0.15, 0.2) is 11.3 Å². The molecule has 0 saturated heterocycles. The summed E-state index contributed by atoms with van der Waals surface area (Å²) in [5.41, 5.74) is 0.735. The monoisotopic (exact) mass is 288 g/mol. The van der Waals surface area contributed by atoms with Gasteiger partial charge in [-0.1, -0.05) is 12.2 Å². The van der Waals surface area contributed by atoms with E-state index >= 15 is 0 Å². The van der Waals surface area contributed by atoms with Crippen molar-refractivity contribution < 1.29 is 19.0 Å². The molecule has 0 bridgehead atoms. The summed E-state index contributed by atoms with van der Waals surface area (Å²) in [4.78, 5) is 0. The molecule has 0 aliphatic heterocycles. The molecule has 5 heteroatoms. The number of phenols is 2. The molecule has 0 unspecified atom stereocenters. The number of aromatic hydroxyl groups is 2. The molecule has 20 heavy (non-hydrogen) atoms. The van der Waals surface area contributed by atoms with Crippen LogP contribution < -0.4 is 0 Å². The molecule has 0 amide bonds. The fourth-order valence-corrected chi connectivity index (χ4v) is 2.22. The highest BCUT2D eigenvalue weighted by atomic mass is 32.1. The highest BCUT2D eigenvalue weighted by Gasteiger charge is 2.11. The summed E-state index contributed by atoms with van der Waals surface area (Å²) < 4.78 is 19.0. The molecule has 3 rings (SSSR count). The predicted octanol–water partition coefficient (Wildman–Crippen LogP) is 4.38. The number of hydrogen-bond acceptors (Lipinski definition) is 4.